The molecule has 13 aromatic rings. The zero-order chi connectivity index (χ0) is 83.0. The maximum Gasteiger partial charge on any atom is 0.410 e. The Morgan fingerprint density at radius 2 is 0.850 bits per heavy atom. The van der Waals surface area contributed by atoms with E-state index in [9.17, 15) is 4.79 Å². The van der Waals surface area contributed by atoms with Gasteiger partial charge in [0.2, 0.25) is 47.6 Å². The number of ether oxygens (including phenoxy) is 5. The molecule has 2 unspecified atom stereocenters. The Morgan fingerprint density at radius 1 is 0.467 bits per heavy atom. The molecule has 5 saturated heterocycles. The second-order valence-corrected chi connectivity index (χ2v) is 31.1. The fourth-order valence-electron chi connectivity index (χ4n) is 15.3. The van der Waals surface area contributed by atoms with Crippen molar-refractivity contribution in [3.8, 4) is 45.0 Å². The number of nitrogens with zero attached hydrogens (tertiary/aromatic N) is 29. The highest BCUT2D eigenvalue weighted by molar-refractivity contribution is 5.92. The second kappa shape index (κ2) is 36.2. The van der Waals surface area contributed by atoms with Crippen molar-refractivity contribution < 1.29 is 28.5 Å². The van der Waals surface area contributed by atoms with E-state index in [4.69, 9.17) is 85.7 Å². The highest BCUT2D eigenvalue weighted by atomic mass is 16.6. The van der Waals surface area contributed by atoms with Crippen molar-refractivity contribution in [2.24, 2.45) is 0 Å². The number of likely N-dealkylation sites (tertiary alicyclic amines) is 1. The lowest BCUT2D eigenvalue weighted by atomic mass is 10.1. The van der Waals surface area contributed by atoms with E-state index >= 15 is 0 Å². The minimum Gasteiger partial charge on any atom is -0.444 e. The third kappa shape index (κ3) is 18.0. The molecule has 7 N–H and O–H groups in total. The number of fused-ring (bicyclic) bond motifs is 4. The largest absolute Gasteiger partial charge is 0.444 e. The molecular formula is C81H101N33O6. The normalized spacial score (nSPS) is 16.9. The number of hydrogen-bond donors (Lipinski definition) is 4. The Balaban J connectivity index is 0.000000120. The summed E-state index contributed by atoms with van der Waals surface area (Å²) in [5.74, 6) is 3.94. The van der Waals surface area contributed by atoms with Crippen molar-refractivity contribution >= 4 is 98.3 Å². The first-order chi connectivity index (χ1) is 58.4. The monoisotopic (exact) mass is 1630 g/mol. The van der Waals surface area contributed by atoms with Crippen LogP contribution in [0, 0.1) is 6.92 Å². The van der Waals surface area contributed by atoms with Gasteiger partial charge in [-0.05, 0) is 79.2 Å². The number of carbonyl (C=O) groups excluding carboxylic acids is 1. The van der Waals surface area contributed by atoms with E-state index in [0.717, 1.165) is 137 Å². The molecule has 2 atom stereocenters. The second-order valence-electron chi connectivity index (χ2n) is 31.1. The molecule has 1 saturated carbocycles. The quantitative estimate of drug-likeness (QED) is 0.0744. The lowest BCUT2D eigenvalue weighted by molar-refractivity contribution is 0.0189. The minimum atomic E-state index is -0.510. The number of carbonyl (C=O) groups is 1. The maximum atomic E-state index is 12.5. The highest BCUT2D eigenvalue weighted by Crippen LogP contribution is 2.38. The summed E-state index contributed by atoms with van der Waals surface area (Å²) < 4.78 is 36.0. The SMILES string of the molecule is CC(C)(C)OC(=O)N1CCC(n2cnc3c(-c4cnc(N)nc4)nc(N4CCOCC4)nc32)CC1.CCC(C)n1cnc2c(-c3cnc(NC)nc3)nc(N3CCOCC3)nc21.Cc1nc(N)ncc1-c1nc(N2CCOCC2)nc2c1ncn2C(C)c1ccccc1.Nc1ncc(-c2nc(N3CCOCC3)nc3c2ncn3C2CCCC2)cn1. The first-order valence-corrected chi connectivity index (χ1v) is 41.0. The van der Waals surface area contributed by atoms with Gasteiger partial charge >= 0.3 is 6.09 Å². The number of aromatic nitrogens is 24. The van der Waals surface area contributed by atoms with Crippen LogP contribution in [0.2, 0.25) is 0 Å². The van der Waals surface area contributed by atoms with Gasteiger partial charge in [0.25, 0.3) is 0 Å². The third-order valence-electron chi connectivity index (χ3n) is 22.1. The Morgan fingerprint density at radius 3 is 1.28 bits per heavy atom. The highest BCUT2D eigenvalue weighted by Gasteiger charge is 2.33. The molecule has 1 aromatic carbocycles. The van der Waals surface area contributed by atoms with Crippen LogP contribution in [0.4, 0.5) is 52.4 Å². The molecule has 39 heteroatoms. The van der Waals surface area contributed by atoms with E-state index in [-0.39, 0.29) is 36.0 Å². The Kier molecular flexibility index (Phi) is 24.5. The Labute approximate surface area is 692 Å². The molecule has 0 spiro atoms. The van der Waals surface area contributed by atoms with Crippen molar-refractivity contribution in [1.82, 2.24) is 123 Å². The molecule has 5 aliphatic heterocycles. The summed E-state index contributed by atoms with van der Waals surface area (Å²) in [7, 11) is 1.79. The van der Waals surface area contributed by atoms with Gasteiger partial charge in [0.1, 0.15) is 50.4 Å². The van der Waals surface area contributed by atoms with Crippen LogP contribution < -0.4 is 42.1 Å². The molecule has 1 aliphatic carbocycles. The number of hydrogen-bond acceptors (Lipinski definition) is 34. The average molecular weight is 1630 g/mol. The minimum absolute atomic E-state index is 0.0650. The molecule has 0 radical (unpaired) electrons. The van der Waals surface area contributed by atoms with Crippen LogP contribution in [0.3, 0.4) is 0 Å². The molecule has 626 valence electrons. The van der Waals surface area contributed by atoms with Gasteiger partial charge in [-0.3, -0.25) is 0 Å². The molecule has 1 amide bonds. The maximum absolute atomic E-state index is 12.5. The molecule has 39 nitrogen and oxygen atoms in total. The van der Waals surface area contributed by atoms with Crippen molar-refractivity contribution in [3.63, 3.8) is 0 Å². The number of anilines is 8. The average Bonchev–Trinajstić information content (AvgIpc) is 1.64. The smallest absolute Gasteiger partial charge is 0.410 e. The summed E-state index contributed by atoms with van der Waals surface area (Å²) >= 11 is 0. The van der Waals surface area contributed by atoms with Gasteiger partial charge in [0.05, 0.1) is 89.9 Å². The number of morpholine rings is 4. The number of imidazole rings is 4. The first kappa shape index (κ1) is 81.0. The van der Waals surface area contributed by atoms with Crippen molar-refractivity contribution in [2.45, 2.75) is 123 Å². The molecule has 6 fully saturated rings. The van der Waals surface area contributed by atoms with Gasteiger partial charge in [0, 0.05) is 156 Å². The molecule has 6 aliphatic rings. The number of nitrogens with two attached hydrogens (primary N) is 3. The predicted octanol–water partition coefficient (Wildman–Crippen LogP) is 8.84. The van der Waals surface area contributed by atoms with Crippen LogP contribution in [-0.2, 0) is 23.7 Å². The van der Waals surface area contributed by atoms with Gasteiger partial charge in [-0.2, -0.15) is 19.9 Å². The van der Waals surface area contributed by atoms with Crippen molar-refractivity contribution in [2.75, 3.05) is 167 Å². The summed E-state index contributed by atoms with van der Waals surface area (Å²) in [6, 6.07) is 11.3. The van der Waals surface area contributed by atoms with E-state index < -0.39 is 5.60 Å². The van der Waals surface area contributed by atoms with E-state index in [1.54, 1.807) is 55.3 Å². The fraction of sp³-hybridized carbons (Fsp3) is 0.469. The lowest BCUT2D eigenvalue weighted by Gasteiger charge is -2.34. The standard InChI is InChI=1S/C23H31N9O3.C22H24N8O.C18H22N8O.C18H24N8O/c1-23(2,3)35-22(33)31-6-4-16(5-7-31)32-14-27-18-17(15-12-25-20(24)26-13-15)28-21(29-19(18)32)30-8-10-34-11-9-30;1-14-17(12-24-21(23)26-14)18-19-20(28-22(27-18)29-8-10-31-11-9-29)30(13-25-19)15(2)16-6-4-3-5-7-16;19-17-20-9-12(10-21-17)14-15-16(26(11-22-15)13-3-1-2-4-13)24-18(23-14)25-5-7-27-8-6-25;1-4-12(2)26-11-22-15-14(13-9-20-17(19-3)21-10-13)23-18(24-16(15)26)25-5-7-27-8-6-25/h12-14,16H,4-11H2,1-3H3,(H2,24,25,26);3-7,12-13,15H,8-11H2,1-2H3,(H2,23,24,26);9-11,13H,1-8H2,(H2,19,20,21);9-12H,4-8H2,1-3H3,(H,19,20,21). The molecule has 19 rings (SSSR count). The molecule has 17 heterocycles. The number of amides is 1. The summed E-state index contributed by atoms with van der Waals surface area (Å²) in [6.45, 7) is 26.5. The molecular weight excluding hydrogens is 1530 g/mol. The number of rotatable bonds is 15. The Bertz CT molecular complexity index is 5650. The van der Waals surface area contributed by atoms with Crippen molar-refractivity contribution in [3.05, 3.63) is 110 Å². The summed E-state index contributed by atoms with van der Waals surface area (Å²) in [5.41, 5.74) is 30.8. The van der Waals surface area contributed by atoms with Crippen LogP contribution in [0.1, 0.15) is 122 Å². The third-order valence-corrected chi connectivity index (χ3v) is 22.1. The Hall–Kier alpha value is -12.8. The summed E-state index contributed by atoms with van der Waals surface area (Å²) in [5, 5.41) is 2.94. The van der Waals surface area contributed by atoms with Crippen LogP contribution in [0.5, 0.6) is 0 Å². The summed E-state index contributed by atoms with van der Waals surface area (Å²) in [4.78, 5) is 114. The first-order valence-electron chi connectivity index (χ1n) is 41.0. The number of nitrogens with one attached hydrogen (secondary N) is 1. The van der Waals surface area contributed by atoms with Crippen LogP contribution in [0.15, 0.2) is 99.0 Å². The fourth-order valence-corrected chi connectivity index (χ4v) is 15.3. The lowest BCUT2D eigenvalue weighted by Crippen LogP contribution is -2.42. The van der Waals surface area contributed by atoms with Gasteiger partial charge in [0.15, 0.2) is 22.6 Å². The van der Waals surface area contributed by atoms with Gasteiger partial charge in [-0.25, -0.2) is 84.5 Å². The topological polar surface area (TPSA) is 447 Å². The zero-order valence-corrected chi connectivity index (χ0v) is 68.9. The molecule has 0 bridgehead atoms. The number of nitrogen functional groups attached to an aromatic ring is 3. The number of aryl methyl sites for hydroxylation is 1. The van der Waals surface area contributed by atoms with Gasteiger partial charge < -0.3 is 89.0 Å². The number of benzene rings is 1. The molecule has 12 aromatic heterocycles. The van der Waals surface area contributed by atoms with E-state index in [1.807, 2.05) is 71.2 Å². The van der Waals surface area contributed by atoms with Crippen LogP contribution in [0.25, 0.3) is 89.7 Å². The van der Waals surface area contributed by atoms with Crippen LogP contribution in [-0.4, -0.2) is 260 Å². The van der Waals surface area contributed by atoms with E-state index in [1.165, 1.54) is 31.2 Å². The molecule has 120 heavy (non-hydrogen) atoms. The summed E-state index contributed by atoms with van der Waals surface area (Å²) in [6.07, 6.45) is 26.5. The van der Waals surface area contributed by atoms with Crippen LogP contribution >= 0.6 is 0 Å². The van der Waals surface area contributed by atoms with E-state index in [0.29, 0.717) is 138 Å². The van der Waals surface area contributed by atoms with Gasteiger partial charge in [-0.1, -0.05) is 50.1 Å². The van der Waals surface area contributed by atoms with Gasteiger partial charge in [-0.15, -0.1) is 0 Å². The number of piperidine rings is 1. The zero-order valence-electron chi connectivity index (χ0n) is 68.9. The van der Waals surface area contributed by atoms with Crippen molar-refractivity contribution in [1.29, 1.82) is 0 Å². The predicted molar refractivity (Wildman–Crippen MR) is 454 cm³/mol. The van der Waals surface area contributed by atoms with E-state index in [2.05, 4.69) is 131 Å².